The van der Waals surface area contributed by atoms with Crippen LogP contribution in [0.25, 0.3) is 0 Å². The van der Waals surface area contributed by atoms with E-state index in [4.69, 9.17) is 4.74 Å². The highest BCUT2D eigenvalue weighted by Gasteiger charge is 2.42. The molecule has 1 amide bonds. The van der Waals surface area contributed by atoms with Crippen LogP contribution in [0.2, 0.25) is 0 Å². The molecule has 0 radical (unpaired) electrons. The van der Waals surface area contributed by atoms with E-state index >= 15 is 0 Å². The Morgan fingerprint density at radius 2 is 1.82 bits per heavy atom. The van der Waals surface area contributed by atoms with Crippen LogP contribution in [0.3, 0.4) is 0 Å². The molecule has 1 unspecified atom stereocenters. The first kappa shape index (κ1) is 17.5. The zero-order valence-electron chi connectivity index (χ0n) is 14.9. The van der Waals surface area contributed by atoms with Crippen molar-refractivity contribution in [2.75, 3.05) is 39.3 Å². The fourth-order valence-electron chi connectivity index (χ4n) is 3.70. The number of hydrogen-bond donors (Lipinski definition) is 1. The Balaban J connectivity index is 1.94. The molecular formula is C17H33N3O2. The zero-order chi connectivity index (χ0) is 16.4. The van der Waals surface area contributed by atoms with E-state index in [0.717, 1.165) is 39.3 Å². The van der Waals surface area contributed by atoms with Gasteiger partial charge in [-0.1, -0.05) is 13.8 Å². The number of carbonyl (C=O) groups is 1. The summed E-state index contributed by atoms with van der Waals surface area (Å²) >= 11 is 0. The summed E-state index contributed by atoms with van der Waals surface area (Å²) in [6.45, 7) is 16.0. The molecule has 0 aliphatic carbocycles. The van der Waals surface area contributed by atoms with Crippen LogP contribution in [-0.2, 0) is 4.74 Å². The van der Waals surface area contributed by atoms with Crippen LogP contribution in [0, 0.1) is 5.92 Å². The highest BCUT2D eigenvalue weighted by molar-refractivity contribution is 5.68. The summed E-state index contributed by atoms with van der Waals surface area (Å²) in [6.07, 6.45) is 2.32. The van der Waals surface area contributed by atoms with Gasteiger partial charge in [-0.2, -0.15) is 0 Å². The van der Waals surface area contributed by atoms with Crippen LogP contribution in [0.4, 0.5) is 4.79 Å². The van der Waals surface area contributed by atoms with Crippen LogP contribution in [0.1, 0.15) is 47.5 Å². The molecule has 2 aliphatic rings. The Kier molecular flexibility index (Phi) is 5.38. The van der Waals surface area contributed by atoms with E-state index in [1.807, 2.05) is 25.7 Å². The maximum Gasteiger partial charge on any atom is 0.410 e. The Morgan fingerprint density at radius 1 is 1.18 bits per heavy atom. The second-order valence-corrected chi connectivity index (χ2v) is 7.99. The van der Waals surface area contributed by atoms with Gasteiger partial charge >= 0.3 is 6.09 Å². The second kappa shape index (κ2) is 6.75. The summed E-state index contributed by atoms with van der Waals surface area (Å²) in [5.41, 5.74) is -0.168. The summed E-state index contributed by atoms with van der Waals surface area (Å²) < 4.78 is 5.49. The van der Waals surface area contributed by atoms with Crippen LogP contribution in [-0.4, -0.2) is 66.3 Å². The van der Waals surface area contributed by atoms with Gasteiger partial charge in [-0.15, -0.1) is 0 Å². The monoisotopic (exact) mass is 311 g/mol. The quantitative estimate of drug-likeness (QED) is 0.850. The van der Waals surface area contributed by atoms with E-state index in [0.29, 0.717) is 5.92 Å². The predicted octanol–water partition coefficient (Wildman–Crippen LogP) is 2.32. The minimum Gasteiger partial charge on any atom is -0.444 e. The molecule has 1 N–H and O–H groups in total. The summed E-state index contributed by atoms with van der Waals surface area (Å²) in [6, 6.07) is 0. The number of piperazine rings is 1. The summed E-state index contributed by atoms with van der Waals surface area (Å²) in [5, 5.41) is 3.57. The van der Waals surface area contributed by atoms with Crippen molar-refractivity contribution in [1.29, 1.82) is 0 Å². The van der Waals surface area contributed by atoms with E-state index in [9.17, 15) is 4.79 Å². The number of carbonyl (C=O) groups excluding carboxylic acids is 1. The predicted molar refractivity (Wildman–Crippen MR) is 89.1 cm³/mol. The van der Waals surface area contributed by atoms with Crippen molar-refractivity contribution in [3.63, 3.8) is 0 Å². The van der Waals surface area contributed by atoms with Crippen molar-refractivity contribution in [3.05, 3.63) is 0 Å². The zero-order valence-corrected chi connectivity index (χ0v) is 14.9. The number of nitrogens with zero attached hydrogens (tertiary/aromatic N) is 2. The van der Waals surface area contributed by atoms with E-state index < -0.39 is 5.60 Å². The average Bonchev–Trinajstić information content (AvgIpc) is 2.46. The summed E-state index contributed by atoms with van der Waals surface area (Å²) in [4.78, 5) is 16.6. The maximum atomic E-state index is 12.2. The minimum atomic E-state index is -0.416. The van der Waals surface area contributed by atoms with Crippen LogP contribution >= 0.6 is 0 Å². The van der Waals surface area contributed by atoms with E-state index in [1.165, 1.54) is 12.8 Å². The molecule has 0 aromatic rings. The number of amides is 1. The van der Waals surface area contributed by atoms with Crippen molar-refractivity contribution in [3.8, 4) is 0 Å². The van der Waals surface area contributed by atoms with Gasteiger partial charge in [0.15, 0.2) is 0 Å². The van der Waals surface area contributed by atoms with Crippen molar-refractivity contribution in [2.24, 2.45) is 5.92 Å². The molecule has 1 atom stereocenters. The Labute approximate surface area is 135 Å². The van der Waals surface area contributed by atoms with Gasteiger partial charge in [0.2, 0.25) is 0 Å². The number of hydrogen-bond acceptors (Lipinski definition) is 4. The van der Waals surface area contributed by atoms with Crippen molar-refractivity contribution >= 4 is 6.09 Å². The van der Waals surface area contributed by atoms with Crippen molar-refractivity contribution in [2.45, 2.75) is 58.6 Å². The van der Waals surface area contributed by atoms with Crippen LogP contribution in [0.15, 0.2) is 0 Å². The molecule has 22 heavy (non-hydrogen) atoms. The highest BCUT2D eigenvalue weighted by atomic mass is 16.6. The van der Waals surface area contributed by atoms with Gasteiger partial charge in [0.05, 0.1) is 0 Å². The summed E-state index contributed by atoms with van der Waals surface area (Å²) in [5.74, 6) is 0.619. The lowest BCUT2D eigenvalue weighted by Crippen LogP contribution is -2.65. The number of piperidine rings is 1. The lowest BCUT2D eigenvalue weighted by Gasteiger charge is -2.52. The van der Waals surface area contributed by atoms with Crippen LogP contribution < -0.4 is 5.32 Å². The van der Waals surface area contributed by atoms with Gasteiger partial charge < -0.3 is 15.0 Å². The number of ether oxygens (including phenoxy) is 1. The third kappa shape index (κ3) is 3.93. The molecular weight excluding hydrogens is 278 g/mol. The first-order chi connectivity index (χ1) is 10.2. The van der Waals surface area contributed by atoms with Gasteiger partial charge in [0.1, 0.15) is 5.60 Å². The molecule has 0 aromatic carbocycles. The molecule has 5 nitrogen and oxygen atoms in total. The van der Waals surface area contributed by atoms with Crippen molar-refractivity contribution in [1.82, 2.24) is 15.1 Å². The molecule has 2 heterocycles. The average molecular weight is 311 g/mol. The van der Waals surface area contributed by atoms with Gasteiger partial charge in [-0.25, -0.2) is 4.79 Å². The molecule has 2 saturated heterocycles. The summed E-state index contributed by atoms with van der Waals surface area (Å²) in [7, 11) is 0. The molecule has 0 spiro atoms. The standard InChI is InChI=1S/C17H33N3O2/c1-14(2)17(7-6-8-18-13-17)20-11-9-19(10-12-20)15(21)22-16(3,4)5/h14,18H,6-13H2,1-5H3. The third-order valence-corrected chi connectivity index (χ3v) is 5.03. The first-order valence-electron chi connectivity index (χ1n) is 8.68. The molecule has 2 aliphatic heterocycles. The lowest BCUT2D eigenvalue weighted by atomic mass is 9.78. The Morgan fingerprint density at radius 3 is 2.27 bits per heavy atom. The maximum absolute atomic E-state index is 12.2. The topological polar surface area (TPSA) is 44.8 Å². The highest BCUT2D eigenvalue weighted by Crippen LogP contribution is 2.32. The van der Waals surface area contributed by atoms with Gasteiger partial charge in [-0.05, 0) is 46.1 Å². The fourth-order valence-corrected chi connectivity index (χ4v) is 3.70. The SMILES string of the molecule is CC(C)C1(N2CCN(C(=O)OC(C)(C)C)CC2)CCCNC1. The largest absolute Gasteiger partial charge is 0.444 e. The first-order valence-corrected chi connectivity index (χ1v) is 8.68. The molecule has 0 bridgehead atoms. The molecule has 2 fully saturated rings. The molecule has 5 heteroatoms. The normalized spacial score (nSPS) is 28.0. The van der Waals surface area contributed by atoms with E-state index in [2.05, 4.69) is 24.1 Å². The Hall–Kier alpha value is -0.810. The van der Waals surface area contributed by atoms with Crippen molar-refractivity contribution < 1.29 is 9.53 Å². The minimum absolute atomic E-state index is 0.174. The number of rotatable bonds is 2. The van der Waals surface area contributed by atoms with E-state index in [-0.39, 0.29) is 11.6 Å². The molecule has 128 valence electrons. The fraction of sp³-hybridized carbons (Fsp3) is 0.941. The second-order valence-electron chi connectivity index (χ2n) is 7.99. The van der Waals surface area contributed by atoms with E-state index in [1.54, 1.807) is 0 Å². The molecule has 2 rings (SSSR count). The smallest absolute Gasteiger partial charge is 0.410 e. The van der Waals surface area contributed by atoms with Crippen LogP contribution in [0.5, 0.6) is 0 Å². The van der Waals surface area contributed by atoms with Gasteiger partial charge in [0, 0.05) is 38.3 Å². The third-order valence-electron chi connectivity index (χ3n) is 5.03. The lowest BCUT2D eigenvalue weighted by molar-refractivity contribution is -0.0255. The molecule has 0 aromatic heterocycles. The van der Waals surface area contributed by atoms with Gasteiger partial charge in [0.25, 0.3) is 0 Å². The number of nitrogens with one attached hydrogen (secondary N) is 1. The Bertz CT molecular complexity index is 376. The molecule has 0 saturated carbocycles. The van der Waals surface area contributed by atoms with Gasteiger partial charge in [-0.3, -0.25) is 4.90 Å².